The van der Waals surface area contributed by atoms with Crippen LogP contribution in [0, 0.1) is 11.6 Å². The number of rotatable bonds is 1. The van der Waals surface area contributed by atoms with Gasteiger partial charge in [0, 0.05) is 44.7 Å². The van der Waals surface area contributed by atoms with Gasteiger partial charge in [0.05, 0.1) is 5.52 Å². The molecule has 0 radical (unpaired) electrons. The van der Waals surface area contributed by atoms with E-state index in [9.17, 15) is 23.5 Å². The molecule has 0 bridgehead atoms. The molecule has 1 N–H and O–H groups in total. The van der Waals surface area contributed by atoms with Crippen molar-refractivity contribution in [2.24, 2.45) is 7.05 Å². The molecule has 1 aromatic carbocycles. The zero-order valence-corrected chi connectivity index (χ0v) is 16.3. The predicted octanol–water partition coefficient (Wildman–Crippen LogP) is 2.86. The van der Waals surface area contributed by atoms with Crippen LogP contribution in [0.2, 0.25) is 0 Å². The summed E-state index contributed by atoms with van der Waals surface area (Å²) >= 11 is 0. The minimum absolute atomic E-state index is 0.0503. The van der Waals surface area contributed by atoms with E-state index in [1.807, 2.05) is 0 Å². The maximum atomic E-state index is 13.5. The lowest BCUT2D eigenvalue weighted by molar-refractivity contribution is 0.0139. The number of aromatic nitrogens is 1. The van der Waals surface area contributed by atoms with Crippen molar-refractivity contribution in [3.8, 4) is 5.75 Å². The largest absolute Gasteiger partial charge is 0.505 e. The molecule has 0 unspecified atom stereocenters. The minimum Gasteiger partial charge on any atom is -0.505 e. The number of benzene rings is 1. The van der Waals surface area contributed by atoms with Gasteiger partial charge in [-0.1, -0.05) is 0 Å². The summed E-state index contributed by atoms with van der Waals surface area (Å²) in [7, 11) is 1.50. The van der Waals surface area contributed by atoms with Crippen LogP contribution in [0.4, 0.5) is 13.6 Å². The number of piperazine rings is 1. The van der Waals surface area contributed by atoms with E-state index in [0.717, 1.165) is 12.1 Å². The Morgan fingerprint density at radius 3 is 2.14 bits per heavy atom. The molecule has 3 rings (SSSR count). The van der Waals surface area contributed by atoms with Crippen LogP contribution in [-0.2, 0) is 11.8 Å². The molecule has 7 nitrogen and oxygen atoms in total. The van der Waals surface area contributed by atoms with Crippen LogP contribution in [0.5, 0.6) is 5.75 Å². The number of halogens is 2. The molecule has 0 saturated carbocycles. The Kier molecular flexibility index (Phi) is 4.95. The summed E-state index contributed by atoms with van der Waals surface area (Å²) in [5, 5.41) is 10.5. The van der Waals surface area contributed by atoms with Crippen molar-refractivity contribution in [1.82, 2.24) is 14.4 Å². The van der Waals surface area contributed by atoms with E-state index < -0.39 is 35.0 Å². The van der Waals surface area contributed by atoms with Crippen molar-refractivity contribution in [1.29, 1.82) is 0 Å². The standard InChI is InChI=1S/C19H23F2N3O4/c1-19(2,3)28-18(27)24-7-5-23(6-8-24)17(26)15-16(25)11-9-12(20)13(21)10-14(11)22(15)4/h9-10,25H,5-8H2,1-4H3. The molecule has 28 heavy (non-hydrogen) atoms. The summed E-state index contributed by atoms with van der Waals surface area (Å²) in [6.45, 7) is 6.41. The second kappa shape index (κ2) is 6.96. The van der Waals surface area contributed by atoms with E-state index in [-0.39, 0.29) is 42.8 Å². The number of carbonyl (C=O) groups excluding carboxylic acids is 2. The van der Waals surface area contributed by atoms with Crippen molar-refractivity contribution < 1.29 is 28.2 Å². The molecular weight excluding hydrogens is 372 g/mol. The number of carbonyl (C=O) groups is 2. The normalized spacial score (nSPS) is 15.2. The van der Waals surface area contributed by atoms with Gasteiger partial charge in [-0.2, -0.15) is 0 Å². The third-order valence-corrected chi connectivity index (χ3v) is 4.64. The van der Waals surface area contributed by atoms with E-state index in [4.69, 9.17) is 4.74 Å². The number of nitrogens with zero attached hydrogens (tertiary/aromatic N) is 3. The molecule has 1 aliphatic heterocycles. The summed E-state index contributed by atoms with van der Waals surface area (Å²) in [5.74, 6) is -3.02. The van der Waals surface area contributed by atoms with E-state index in [1.54, 1.807) is 20.8 Å². The maximum Gasteiger partial charge on any atom is 0.410 e. The summed E-state index contributed by atoms with van der Waals surface area (Å²) in [6.07, 6.45) is -0.446. The minimum atomic E-state index is -1.10. The molecule has 0 atom stereocenters. The van der Waals surface area contributed by atoms with E-state index in [0.29, 0.717) is 0 Å². The number of aromatic hydroxyl groups is 1. The van der Waals surface area contributed by atoms with Crippen LogP contribution < -0.4 is 0 Å². The summed E-state index contributed by atoms with van der Waals surface area (Å²) in [4.78, 5) is 28.0. The molecule has 0 aliphatic carbocycles. The highest BCUT2D eigenvalue weighted by molar-refractivity contribution is 6.04. The first kappa shape index (κ1) is 19.9. The number of amides is 2. The molecule has 9 heteroatoms. The lowest BCUT2D eigenvalue weighted by atomic mass is 10.2. The number of ether oxygens (including phenoxy) is 1. The fourth-order valence-corrected chi connectivity index (χ4v) is 3.22. The average molecular weight is 395 g/mol. The Balaban J connectivity index is 1.78. The highest BCUT2D eigenvalue weighted by atomic mass is 19.2. The second-order valence-electron chi connectivity index (χ2n) is 7.80. The van der Waals surface area contributed by atoms with Gasteiger partial charge in [-0.3, -0.25) is 4.79 Å². The van der Waals surface area contributed by atoms with Gasteiger partial charge in [0.15, 0.2) is 17.4 Å². The first-order chi connectivity index (χ1) is 13.0. The Bertz CT molecular complexity index is 896. The molecule has 1 fully saturated rings. The molecule has 2 amide bonds. The van der Waals surface area contributed by atoms with Crippen LogP contribution in [0.1, 0.15) is 31.3 Å². The van der Waals surface area contributed by atoms with Crippen molar-refractivity contribution >= 4 is 22.9 Å². The summed E-state index contributed by atoms with van der Waals surface area (Å²) in [5.41, 5.74) is -0.443. The van der Waals surface area contributed by atoms with Crippen LogP contribution in [0.25, 0.3) is 10.9 Å². The zero-order valence-electron chi connectivity index (χ0n) is 16.3. The van der Waals surface area contributed by atoms with E-state index in [2.05, 4.69) is 0 Å². The van der Waals surface area contributed by atoms with Crippen LogP contribution >= 0.6 is 0 Å². The maximum absolute atomic E-state index is 13.5. The highest BCUT2D eigenvalue weighted by Crippen LogP contribution is 2.33. The monoisotopic (exact) mass is 395 g/mol. The van der Waals surface area contributed by atoms with E-state index >= 15 is 0 Å². The smallest absolute Gasteiger partial charge is 0.410 e. The Morgan fingerprint density at radius 1 is 1.04 bits per heavy atom. The number of aryl methyl sites for hydroxylation is 1. The van der Waals surface area contributed by atoms with Gasteiger partial charge in [0.2, 0.25) is 0 Å². The van der Waals surface area contributed by atoms with Gasteiger partial charge in [-0.25, -0.2) is 13.6 Å². The molecule has 2 aromatic rings. The first-order valence-corrected chi connectivity index (χ1v) is 8.93. The second-order valence-corrected chi connectivity index (χ2v) is 7.80. The van der Waals surface area contributed by atoms with Crippen molar-refractivity contribution in [3.05, 3.63) is 29.5 Å². The fraction of sp³-hybridized carbons (Fsp3) is 0.474. The lowest BCUT2D eigenvalue weighted by Gasteiger charge is -2.35. The Labute approximate surface area is 161 Å². The van der Waals surface area contributed by atoms with Gasteiger partial charge in [-0.05, 0) is 26.8 Å². The SMILES string of the molecule is Cn1c(C(=O)N2CCN(C(=O)OC(C)(C)C)CC2)c(O)c2cc(F)c(F)cc21. The zero-order chi connectivity index (χ0) is 20.8. The summed E-state index contributed by atoms with van der Waals surface area (Å²) in [6, 6.07) is 1.82. The number of hydrogen-bond donors (Lipinski definition) is 1. The Morgan fingerprint density at radius 2 is 1.57 bits per heavy atom. The highest BCUT2D eigenvalue weighted by Gasteiger charge is 2.31. The van der Waals surface area contributed by atoms with Gasteiger partial charge in [-0.15, -0.1) is 0 Å². The third kappa shape index (κ3) is 3.61. The Hall–Kier alpha value is -2.84. The first-order valence-electron chi connectivity index (χ1n) is 8.93. The third-order valence-electron chi connectivity index (χ3n) is 4.64. The number of hydrogen-bond acceptors (Lipinski definition) is 4. The molecule has 1 aliphatic rings. The quantitative estimate of drug-likeness (QED) is 0.806. The molecule has 1 saturated heterocycles. The average Bonchev–Trinajstić information content (AvgIpc) is 2.84. The van der Waals surface area contributed by atoms with Gasteiger partial charge < -0.3 is 24.2 Å². The molecule has 0 spiro atoms. The van der Waals surface area contributed by atoms with Crippen molar-refractivity contribution in [2.45, 2.75) is 26.4 Å². The molecule has 2 heterocycles. The molecular formula is C19H23F2N3O4. The fourth-order valence-electron chi connectivity index (χ4n) is 3.22. The van der Waals surface area contributed by atoms with E-state index in [1.165, 1.54) is 21.4 Å². The number of fused-ring (bicyclic) bond motifs is 1. The van der Waals surface area contributed by atoms with Crippen LogP contribution in [-0.4, -0.2) is 63.3 Å². The summed E-state index contributed by atoms with van der Waals surface area (Å²) < 4.78 is 33.7. The predicted molar refractivity (Wildman–Crippen MR) is 98.2 cm³/mol. The van der Waals surface area contributed by atoms with Gasteiger partial charge in [0.1, 0.15) is 11.3 Å². The van der Waals surface area contributed by atoms with Gasteiger partial charge >= 0.3 is 6.09 Å². The van der Waals surface area contributed by atoms with Crippen LogP contribution in [0.3, 0.4) is 0 Å². The molecule has 1 aromatic heterocycles. The lowest BCUT2D eigenvalue weighted by Crippen LogP contribution is -2.51. The topological polar surface area (TPSA) is 75.0 Å². The molecule has 152 valence electrons. The van der Waals surface area contributed by atoms with Crippen molar-refractivity contribution in [3.63, 3.8) is 0 Å². The van der Waals surface area contributed by atoms with Crippen LogP contribution in [0.15, 0.2) is 12.1 Å². The van der Waals surface area contributed by atoms with Crippen molar-refractivity contribution in [2.75, 3.05) is 26.2 Å². The van der Waals surface area contributed by atoms with Gasteiger partial charge in [0.25, 0.3) is 5.91 Å².